The standard InChI is InChI=1S/C14H20F2N2O3S/c1-10(2)22(20,21)17-8-4-3-5-14(19)18-13-7-6-11(15)9-12(13)16/h6-7,9-10,17H,3-5,8H2,1-2H3,(H,18,19). The number of hydrogen-bond donors (Lipinski definition) is 2. The van der Waals surface area contributed by atoms with Gasteiger partial charge in [0.25, 0.3) is 0 Å². The monoisotopic (exact) mass is 334 g/mol. The zero-order valence-corrected chi connectivity index (χ0v) is 13.3. The predicted octanol–water partition coefficient (Wildman–Crippen LogP) is 2.40. The van der Waals surface area contributed by atoms with Crippen LogP contribution in [0.1, 0.15) is 33.1 Å². The summed E-state index contributed by atoms with van der Waals surface area (Å²) in [5.41, 5.74) is -0.0769. The number of amides is 1. The molecule has 0 fully saturated rings. The average molecular weight is 334 g/mol. The number of hydrogen-bond acceptors (Lipinski definition) is 3. The van der Waals surface area contributed by atoms with E-state index in [1.807, 2.05) is 0 Å². The van der Waals surface area contributed by atoms with Gasteiger partial charge in [-0.15, -0.1) is 0 Å². The molecule has 0 saturated heterocycles. The molecule has 0 bridgehead atoms. The highest BCUT2D eigenvalue weighted by atomic mass is 32.2. The van der Waals surface area contributed by atoms with Crippen LogP contribution in [0.5, 0.6) is 0 Å². The smallest absolute Gasteiger partial charge is 0.224 e. The van der Waals surface area contributed by atoms with Crippen molar-refractivity contribution >= 4 is 21.6 Å². The van der Waals surface area contributed by atoms with Gasteiger partial charge in [-0.2, -0.15) is 0 Å². The van der Waals surface area contributed by atoms with E-state index in [0.29, 0.717) is 18.9 Å². The third-order valence-corrected chi connectivity index (χ3v) is 4.81. The molecule has 5 nitrogen and oxygen atoms in total. The second-order valence-electron chi connectivity index (χ2n) is 5.12. The quantitative estimate of drug-likeness (QED) is 0.717. The fraction of sp³-hybridized carbons (Fsp3) is 0.500. The van der Waals surface area contributed by atoms with Gasteiger partial charge in [0.2, 0.25) is 15.9 Å². The Hall–Kier alpha value is -1.54. The number of carbonyl (C=O) groups is 1. The second-order valence-corrected chi connectivity index (χ2v) is 7.44. The molecule has 1 rings (SSSR count). The van der Waals surface area contributed by atoms with Gasteiger partial charge in [0, 0.05) is 19.0 Å². The average Bonchev–Trinajstić information content (AvgIpc) is 2.41. The van der Waals surface area contributed by atoms with E-state index in [-0.39, 0.29) is 18.7 Å². The maximum atomic E-state index is 13.3. The summed E-state index contributed by atoms with van der Waals surface area (Å²) in [6, 6.07) is 2.90. The van der Waals surface area contributed by atoms with Crippen LogP contribution in [0.4, 0.5) is 14.5 Å². The van der Waals surface area contributed by atoms with Crippen molar-refractivity contribution in [3.63, 3.8) is 0 Å². The van der Waals surface area contributed by atoms with Crippen molar-refractivity contribution in [3.05, 3.63) is 29.8 Å². The zero-order chi connectivity index (χ0) is 16.8. The van der Waals surface area contributed by atoms with E-state index in [1.54, 1.807) is 13.8 Å². The minimum absolute atomic E-state index is 0.0769. The van der Waals surface area contributed by atoms with Gasteiger partial charge in [-0.3, -0.25) is 4.79 Å². The summed E-state index contributed by atoms with van der Waals surface area (Å²) in [6.07, 6.45) is 1.07. The summed E-state index contributed by atoms with van der Waals surface area (Å²) in [5.74, 6) is -1.96. The van der Waals surface area contributed by atoms with Gasteiger partial charge < -0.3 is 5.32 Å². The van der Waals surface area contributed by atoms with Crippen molar-refractivity contribution in [1.29, 1.82) is 0 Å². The molecule has 0 aliphatic heterocycles. The Labute approximate surface area is 129 Å². The number of rotatable bonds is 8. The summed E-state index contributed by atoms with van der Waals surface area (Å²) in [5, 5.41) is 1.84. The molecule has 0 aliphatic rings. The molecule has 2 N–H and O–H groups in total. The Kier molecular flexibility index (Phi) is 6.89. The van der Waals surface area contributed by atoms with Crippen molar-refractivity contribution in [1.82, 2.24) is 4.72 Å². The molecule has 124 valence electrons. The predicted molar refractivity (Wildman–Crippen MR) is 80.9 cm³/mol. The summed E-state index contributed by atoms with van der Waals surface area (Å²) >= 11 is 0. The van der Waals surface area contributed by atoms with E-state index in [2.05, 4.69) is 10.0 Å². The molecular formula is C14H20F2N2O3S. The molecule has 0 saturated carbocycles. The molecule has 0 heterocycles. The lowest BCUT2D eigenvalue weighted by atomic mass is 10.2. The van der Waals surface area contributed by atoms with Crippen LogP contribution in [0.2, 0.25) is 0 Å². The lowest BCUT2D eigenvalue weighted by Crippen LogP contribution is -2.31. The van der Waals surface area contributed by atoms with Gasteiger partial charge in [-0.05, 0) is 38.8 Å². The van der Waals surface area contributed by atoms with Crippen LogP contribution < -0.4 is 10.0 Å². The first-order chi connectivity index (χ1) is 10.2. The minimum Gasteiger partial charge on any atom is -0.324 e. The van der Waals surface area contributed by atoms with Crippen LogP contribution in [0, 0.1) is 11.6 Å². The third-order valence-electron chi connectivity index (χ3n) is 2.96. The molecule has 1 amide bonds. The SMILES string of the molecule is CC(C)S(=O)(=O)NCCCCC(=O)Nc1ccc(F)cc1F. The number of sulfonamides is 1. The van der Waals surface area contributed by atoms with Crippen LogP contribution in [0.15, 0.2) is 18.2 Å². The maximum Gasteiger partial charge on any atom is 0.224 e. The fourth-order valence-corrected chi connectivity index (χ4v) is 2.36. The van der Waals surface area contributed by atoms with E-state index in [1.165, 1.54) is 0 Å². The lowest BCUT2D eigenvalue weighted by molar-refractivity contribution is -0.116. The highest BCUT2D eigenvalue weighted by Gasteiger charge is 2.14. The van der Waals surface area contributed by atoms with Crippen molar-refractivity contribution in [3.8, 4) is 0 Å². The number of halogens is 2. The molecule has 0 aliphatic carbocycles. The van der Waals surface area contributed by atoms with Crippen molar-refractivity contribution < 1.29 is 22.0 Å². The molecule has 1 aromatic carbocycles. The van der Waals surface area contributed by atoms with Crippen LogP contribution in [-0.2, 0) is 14.8 Å². The Morgan fingerprint density at radius 1 is 1.23 bits per heavy atom. The molecule has 0 aromatic heterocycles. The number of nitrogens with one attached hydrogen (secondary N) is 2. The van der Waals surface area contributed by atoms with Gasteiger partial charge >= 0.3 is 0 Å². The maximum absolute atomic E-state index is 13.3. The first-order valence-corrected chi connectivity index (χ1v) is 8.50. The van der Waals surface area contributed by atoms with Crippen molar-refractivity contribution in [2.75, 3.05) is 11.9 Å². The zero-order valence-electron chi connectivity index (χ0n) is 12.5. The largest absolute Gasteiger partial charge is 0.324 e. The molecular weight excluding hydrogens is 314 g/mol. The normalized spacial score (nSPS) is 11.7. The summed E-state index contributed by atoms with van der Waals surface area (Å²) in [4.78, 5) is 11.6. The Morgan fingerprint density at radius 3 is 2.50 bits per heavy atom. The van der Waals surface area contributed by atoms with Gasteiger partial charge in [0.1, 0.15) is 11.6 Å². The van der Waals surface area contributed by atoms with Crippen LogP contribution >= 0.6 is 0 Å². The van der Waals surface area contributed by atoms with Gasteiger partial charge in [0.15, 0.2) is 0 Å². The number of anilines is 1. The first kappa shape index (κ1) is 18.5. The van der Waals surface area contributed by atoms with E-state index in [4.69, 9.17) is 0 Å². The van der Waals surface area contributed by atoms with Gasteiger partial charge in [0.05, 0.1) is 10.9 Å². The molecule has 0 unspecified atom stereocenters. The second kappa shape index (κ2) is 8.19. The number of benzene rings is 1. The van der Waals surface area contributed by atoms with Crippen LogP contribution in [0.3, 0.4) is 0 Å². The van der Waals surface area contributed by atoms with Crippen molar-refractivity contribution in [2.24, 2.45) is 0 Å². The Balaban J connectivity index is 2.30. The van der Waals surface area contributed by atoms with Crippen molar-refractivity contribution in [2.45, 2.75) is 38.4 Å². The van der Waals surface area contributed by atoms with Gasteiger partial charge in [-0.25, -0.2) is 21.9 Å². The molecule has 0 atom stereocenters. The van der Waals surface area contributed by atoms with E-state index >= 15 is 0 Å². The summed E-state index contributed by atoms with van der Waals surface area (Å²) in [7, 11) is -3.29. The molecule has 8 heteroatoms. The third kappa shape index (κ3) is 6.07. The number of carbonyl (C=O) groups excluding carboxylic acids is 1. The fourth-order valence-electron chi connectivity index (χ4n) is 1.60. The number of unbranched alkanes of at least 4 members (excludes halogenated alkanes) is 1. The highest BCUT2D eigenvalue weighted by molar-refractivity contribution is 7.90. The first-order valence-electron chi connectivity index (χ1n) is 6.96. The Morgan fingerprint density at radius 2 is 1.91 bits per heavy atom. The highest BCUT2D eigenvalue weighted by Crippen LogP contribution is 2.15. The van der Waals surface area contributed by atoms with E-state index in [9.17, 15) is 22.0 Å². The minimum atomic E-state index is -3.29. The summed E-state index contributed by atoms with van der Waals surface area (Å²) < 4.78 is 51.4. The summed E-state index contributed by atoms with van der Waals surface area (Å²) in [6.45, 7) is 3.40. The topological polar surface area (TPSA) is 75.3 Å². The van der Waals surface area contributed by atoms with E-state index < -0.39 is 32.8 Å². The van der Waals surface area contributed by atoms with Crippen LogP contribution in [0.25, 0.3) is 0 Å². The van der Waals surface area contributed by atoms with Gasteiger partial charge in [-0.1, -0.05) is 0 Å². The molecule has 1 aromatic rings. The van der Waals surface area contributed by atoms with Crippen LogP contribution in [-0.4, -0.2) is 26.1 Å². The molecule has 22 heavy (non-hydrogen) atoms. The molecule has 0 radical (unpaired) electrons. The molecule has 0 spiro atoms. The lowest BCUT2D eigenvalue weighted by Gasteiger charge is -2.09. The van der Waals surface area contributed by atoms with E-state index in [0.717, 1.165) is 12.1 Å². The Bertz CT molecular complexity index is 619.